The Kier molecular flexibility index (Phi) is 4.16. The van der Waals surface area contributed by atoms with E-state index in [9.17, 15) is 4.79 Å². The molecule has 0 radical (unpaired) electrons. The molecule has 0 aliphatic heterocycles. The van der Waals surface area contributed by atoms with Crippen LogP contribution in [0.15, 0.2) is 10.6 Å². The van der Waals surface area contributed by atoms with E-state index in [0.29, 0.717) is 12.2 Å². The summed E-state index contributed by atoms with van der Waals surface area (Å²) in [6, 6.07) is 1.88. The maximum Gasteiger partial charge on any atom is 0.311 e. The number of aromatic nitrogens is 1. The first-order valence-corrected chi connectivity index (χ1v) is 5.96. The molecule has 1 heterocycles. The highest BCUT2D eigenvalue weighted by molar-refractivity contribution is 5.76. The van der Waals surface area contributed by atoms with Gasteiger partial charge in [0.15, 0.2) is 0 Å². The molecule has 1 N–H and O–H groups in total. The van der Waals surface area contributed by atoms with Crippen LogP contribution < -0.4 is 5.32 Å². The number of esters is 1. The summed E-state index contributed by atoms with van der Waals surface area (Å²) >= 11 is 0. The molecule has 1 rings (SSSR count). The molecule has 0 amide bonds. The van der Waals surface area contributed by atoms with E-state index in [1.807, 2.05) is 40.8 Å². The molecule has 5 nitrogen and oxygen atoms in total. The minimum absolute atomic E-state index is 0.253. The summed E-state index contributed by atoms with van der Waals surface area (Å²) < 4.78 is 10.1. The number of ether oxygens (including phenoxy) is 1. The van der Waals surface area contributed by atoms with Crippen LogP contribution >= 0.6 is 0 Å². The quantitative estimate of drug-likeness (QED) is 0.813. The Morgan fingerprint density at radius 1 is 1.44 bits per heavy atom. The zero-order valence-electron chi connectivity index (χ0n) is 12.0. The summed E-state index contributed by atoms with van der Waals surface area (Å²) in [4.78, 5) is 11.6. The maximum absolute atomic E-state index is 11.6. The van der Waals surface area contributed by atoms with Crippen molar-refractivity contribution in [2.24, 2.45) is 5.41 Å². The molecule has 0 saturated heterocycles. The minimum atomic E-state index is -0.616. The number of nitrogens with one attached hydrogen (secondary N) is 1. The van der Waals surface area contributed by atoms with Crippen molar-refractivity contribution in [3.05, 3.63) is 17.5 Å². The van der Waals surface area contributed by atoms with Crippen molar-refractivity contribution < 1.29 is 14.1 Å². The Morgan fingerprint density at radius 2 is 2.06 bits per heavy atom. The molecule has 0 spiro atoms. The van der Waals surface area contributed by atoms with Crippen LogP contribution in [0.4, 0.5) is 0 Å². The molecule has 0 bridgehead atoms. The molecule has 18 heavy (non-hydrogen) atoms. The van der Waals surface area contributed by atoms with Crippen molar-refractivity contribution >= 4 is 5.97 Å². The van der Waals surface area contributed by atoms with E-state index in [-0.39, 0.29) is 11.5 Å². The number of hydrogen-bond acceptors (Lipinski definition) is 5. The van der Waals surface area contributed by atoms with Crippen LogP contribution in [-0.2, 0) is 21.5 Å². The smallest absolute Gasteiger partial charge is 0.311 e. The van der Waals surface area contributed by atoms with Crippen LogP contribution in [0.1, 0.15) is 39.1 Å². The van der Waals surface area contributed by atoms with Crippen LogP contribution in [0.5, 0.6) is 0 Å². The van der Waals surface area contributed by atoms with Crippen LogP contribution in [0.25, 0.3) is 0 Å². The van der Waals surface area contributed by atoms with Crippen molar-refractivity contribution in [2.75, 3.05) is 14.2 Å². The topological polar surface area (TPSA) is 64.4 Å². The first-order valence-electron chi connectivity index (χ1n) is 5.96. The Bertz CT molecular complexity index is 422. The van der Waals surface area contributed by atoms with Gasteiger partial charge in [-0.1, -0.05) is 5.16 Å². The number of hydrogen-bond donors (Lipinski definition) is 1. The summed E-state index contributed by atoms with van der Waals surface area (Å²) in [6.45, 7) is 7.68. The average Bonchev–Trinajstić information content (AvgIpc) is 2.76. The third-order valence-electron chi connectivity index (χ3n) is 3.18. The van der Waals surface area contributed by atoms with E-state index in [1.165, 1.54) is 7.11 Å². The first-order chi connectivity index (χ1) is 8.23. The Hall–Kier alpha value is -1.36. The minimum Gasteiger partial charge on any atom is -0.469 e. The normalized spacial score (nSPS) is 12.6. The highest BCUT2D eigenvalue weighted by Gasteiger charge is 2.32. The van der Waals surface area contributed by atoms with Crippen LogP contribution in [0.2, 0.25) is 0 Å². The molecule has 0 unspecified atom stereocenters. The predicted molar refractivity (Wildman–Crippen MR) is 68.1 cm³/mol. The lowest BCUT2D eigenvalue weighted by molar-refractivity contribution is -0.150. The Labute approximate surface area is 108 Å². The number of rotatable bonds is 5. The fraction of sp³-hybridized carbons (Fsp3) is 0.692. The fourth-order valence-corrected chi connectivity index (χ4v) is 1.60. The lowest BCUT2D eigenvalue weighted by Crippen LogP contribution is -2.33. The SMILES string of the molecule is CNC(C)(C)c1cc(CC(C)(C)C(=O)OC)on1. The third kappa shape index (κ3) is 3.10. The summed E-state index contributed by atoms with van der Waals surface area (Å²) in [5.41, 5.74) is -0.0485. The molecule has 1 aromatic rings. The van der Waals surface area contributed by atoms with Gasteiger partial charge in [-0.05, 0) is 34.7 Å². The van der Waals surface area contributed by atoms with Gasteiger partial charge in [-0.3, -0.25) is 4.79 Å². The van der Waals surface area contributed by atoms with E-state index in [4.69, 9.17) is 9.26 Å². The van der Waals surface area contributed by atoms with E-state index in [0.717, 1.165) is 5.69 Å². The van der Waals surface area contributed by atoms with Gasteiger partial charge < -0.3 is 14.6 Å². The summed E-state index contributed by atoms with van der Waals surface area (Å²) in [5.74, 6) is 0.428. The molecule has 0 aromatic carbocycles. The van der Waals surface area contributed by atoms with Gasteiger partial charge >= 0.3 is 5.97 Å². The molecular weight excluding hydrogens is 232 g/mol. The van der Waals surface area contributed by atoms with E-state index in [1.54, 1.807) is 0 Å². The van der Waals surface area contributed by atoms with Crippen LogP contribution in [-0.4, -0.2) is 25.3 Å². The van der Waals surface area contributed by atoms with Crippen molar-refractivity contribution in [3.8, 4) is 0 Å². The molecule has 0 atom stereocenters. The van der Waals surface area contributed by atoms with Gasteiger partial charge in [-0.25, -0.2) is 0 Å². The number of carbonyl (C=O) groups is 1. The highest BCUT2D eigenvalue weighted by Crippen LogP contribution is 2.26. The zero-order chi connectivity index (χ0) is 14.0. The molecule has 0 fully saturated rings. The highest BCUT2D eigenvalue weighted by atomic mass is 16.5. The summed E-state index contributed by atoms with van der Waals surface area (Å²) in [5, 5.41) is 7.19. The monoisotopic (exact) mass is 254 g/mol. The Morgan fingerprint density at radius 3 is 2.56 bits per heavy atom. The predicted octanol–water partition coefficient (Wildman–Crippen LogP) is 1.87. The van der Waals surface area contributed by atoms with Crippen molar-refractivity contribution in [2.45, 2.75) is 39.7 Å². The molecule has 0 aliphatic rings. The number of methoxy groups -OCH3 is 1. The molecule has 5 heteroatoms. The molecule has 0 aliphatic carbocycles. The van der Waals surface area contributed by atoms with Gasteiger partial charge in [0.1, 0.15) is 11.5 Å². The van der Waals surface area contributed by atoms with E-state index >= 15 is 0 Å². The number of carbonyl (C=O) groups excluding carboxylic acids is 1. The lowest BCUT2D eigenvalue weighted by atomic mass is 9.88. The van der Waals surface area contributed by atoms with Gasteiger partial charge in [0.25, 0.3) is 0 Å². The van der Waals surface area contributed by atoms with E-state index in [2.05, 4.69) is 10.5 Å². The maximum atomic E-state index is 11.6. The summed E-state index contributed by atoms with van der Waals surface area (Å²) in [6.07, 6.45) is 0.465. The second-order valence-corrected chi connectivity index (χ2v) is 5.61. The van der Waals surface area contributed by atoms with Gasteiger partial charge in [0.05, 0.1) is 18.1 Å². The third-order valence-corrected chi connectivity index (χ3v) is 3.18. The largest absolute Gasteiger partial charge is 0.469 e. The molecular formula is C13H22N2O3. The Balaban J connectivity index is 2.85. The van der Waals surface area contributed by atoms with E-state index < -0.39 is 5.41 Å². The van der Waals surface area contributed by atoms with Gasteiger partial charge in [0.2, 0.25) is 0 Å². The number of nitrogens with zero attached hydrogens (tertiary/aromatic N) is 1. The van der Waals surface area contributed by atoms with Crippen LogP contribution in [0, 0.1) is 5.41 Å². The average molecular weight is 254 g/mol. The fourth-order valence-electron chi connectivity index (χ4n) is 1.60. The molecule has 0 saturated carbocycles. The first kappa shape index (κ1) is 14.7. The van der Waals surface area contributed by atoms with Crippen LogP contribution in [0.3, 0.4) is 0 Å². The lowest BCUT2D eigenvalue weighted by Gasteiger charge is -2.20. The van der Waals surface area contributed by atoms with Crippen molar-refractivity contribution in [3.63, 3.8) is 0 Å². The zero-order valence-corrected chi connectivity index (χ0v) is 12.0. The van der Waals surface area contributed by atoms with Crippen molar-refractivity contribution in [1.82, 2.24) is 10.5 Å². The van der Waals surface area contributed by atoms with Crippen molar-refractivity contribution in [1.29, 1.82) is 0 Å². The second kappa shape index (κ2) is 5.10. The van der Waals surface area contributed by atoms with Gasteiger partial charge in [0, 0.05) is 12.5 Å². The molecule has 1 aromatic heterocycles. The second-order valence-electron chi connectivity index (χ2n) is 5.61. The van der Waals surface area contributed by atoms with Gasteiger partial charge in [-0.2, -0.15) is 0 Å². The van der Waals surface area contributed by atoms with Gasteiger partial charge in [-0.15, -0.1) is 0 Å². The standard InChI is InChI=1S/C13H22N2O3/c1-12(2,11(16)17-6)8-9-7-10(15-18-9)13(3,4)14-5/h7,14H,8H2,1-6H3. The summed E-state index contributed by atoms with van der Waals surface area (Å²) in [7, 11) is 3.26. The molecule has 102 valence electrons.